The van der Waals surface area contributed by atoms with Crippen LogP contribution >= 0.6 is 15.9 Å². The van der Waals surface area contributed by atoms with Crippen LogP contribution in [0.2, 0.25) is 0 Å². The maximum atomic E-state index is 6.03. The van der Waals surface area contributed by atoms with Crippen molar-refractivity contribution in [3.8, 4) is 11.1 Å². The molecule has 0 unspecified atom stereocenters. The molecule has 2 heteroatoms. The molecule has 132 valence electrons. The molecule has 0 fully saturated rings. The quantitative estimate of drug-likeness (QED) is 0.242. The fourth-order valence-corrected chi connectivity index (χ4v) is 4.96. The third-order valence-corrected chi connectivity index (χ3v) is 6.39. The van der Waals surface area contributed by atoms with Crippen LogP contribution in [0.5, 0.6) is 0 Å². The zero-order valence-electron chi connectivity index (χ0n) is 14.9. The Labute approximate surface area is 170 Å². The summed E-state index contributed by atoms with van der Waals surface area (Å²) in [7, 11) is 0. The largest absolute Gasteiger partial charge is 0.456 e. The average molecular weight is 423 g/mol. The SMILES string of the molecule is Brc1c2ccccc2c(-c2ccc3oc4ccccc4c3c2)c2ccccc12. The van der Waals surface area contributed by atoms with Crippen molar-refractivity contribution in [1.29, 1.82) is 0 Å². The maximum Gasteiger partial charge on any atom is 0.135 e. The highest BCUT2D eigenvalue weighted by Gasteiger charge is 2.15. The Morgan fingerprint density at radius 1 is 0.500 bits per heavy atom. The van der Waals surface area contributed by atoms with E-state index in [2.05, 4.69) is 94.8 Å². The van der Waals surface area contributed by atoms with Crippen molar-refractivity contribution in [3.05, 3.63) is 95.5 Å². The third kappa shape index (κ3) is 2.18. The predicted octanol–water partition coefficient (Wildman–Crippen LogP) is 8.32. The van der Waals surface area contributed by atoms with Gasteiger partial charge in [-0.3, -0.25) is 0 Å². The van der Waals surface area contributed by atoms with E-state index in [0.29, 0.717) is 0 Å². The fraction of sp³-hybridized carbons (Fsp3) is 0. The topological polar surface area (TPSA) is 13.1 Å². The number of furan rings is 1. The van der Waals surface area contributed by atoms with Crippen molar-refractivity contribution in [1.82, 2.24) is 0 Å². The molecule has 0 saturated carbocycles. The standard InChI is InChI=1S/C26H15BrO/c27-26-20-10-3-1-8-18(20)25(19-9-2-4-11-21(19)26)16-13-14-24-22(15-16)17-7-5-6-12-23(17)28-24/h1-15H. The summed E-state index contributed by atoms with van der Waals surface area (Å²) < 4.78 is 7.18. The van der Waals surface area contributed by atoms with E-state index in [1.54, 1.807) is 0 Å². The van der Waals surface area contributed by atoms with Crippen LogP contribution in [0.4, 0.5) is 0 Å². The minimum Gasteiger partial charge on any atom is -0.456 e. The highest BCUT2D eigenvalue weighted by Crippen LogP contribution is 2.42. The number of fused-ring (bicyclic) bond motifs is 5. The van der Waals surface area contributed by atoms with Gasteiger partial charge in [-0.25, -0.2) is 0 Å². The van der Waals surface area contributed by atoms with Crippen LogP contribution in [0.1, 0.15) is 0 Å². The van der Waals surface area contributed by atoms with Crippen LogP contribution in [-0.2, 0) is 0 Å². The summed E-state index contributed by atoms with van der Waals surface area (Å²) in [6.45, 7) is 0. The van der Waals surface area contributed by atoms with Crippen LogP contribution in [0.25, 0.3) is 54.6 Å². The lowest BCUT2D eigenvalue weighted by Crippen LogP contribution is -1.87. The molecule has 0 N–H and O–H groups in total. The average Bonchev–Trinajstić information content (AvgIpc) is 3.12. The Hall–Kier alpha value is -3.10. The molecule has 0 aliphatic rings. The van der Waals surface area contributed by atoms with E-state index in [1.807, 2.05) is 12.1 Å². The summed E-state index contributed by atoms with van der Waals surface area (Å²) in [5.74, 6) is 0. The van der Waals surface area contributed by atoms with Gasteiger partial charge in [-0.2, -0.15) is 0 Å². The van der Waals surface area contributed by atoms with Gasteiger partial charge in [0.1, 0.15) is 11.2 Å². The first-order valence-electron chi connectivity index (χ1n) is 9.32. The van der Waals surface area contributed by atoms with Crippen LogP contribution in [0.15, 0.2) is 99.9 Å². The van der Waals surface area contributed by atoms with Gasteiger partial charge in [-0.1, -0.05) is 72.8 Å². The van der Waals surface area contributed by atoms with Gasteiger partial charge in [0.05, 0.1) is 0 Å². The van der Waals surface area contributed by atoms with Crippen molar-refractivity contribution < 1.29 is 4.42 Å². The number of benzene rings is 5. The Kier molecular flexibility index (Phi) is 3.38. The summed E-state index contributed by atoms with van der Waals surface area (Å²) in [6.07, 6.45) is 0. The van der Waals surface area contributed by atoms with Gasteiger partial charge in [0.2, 0.25) is 0 Å². The molecule has 28 heavy (non-hydrogen) atoms. The molecule has 0 radical (unpaired) electrons. The van der Waals surface area contributed by atoms with E-state index in [4.69, 9.17) is 4.42 Å². The number of hydrogen-bond acceptors (Lipinski definition) is 1. The summed E-state index contributed by atoms with van der Waals surface area (Å²) in [6, 6.07) is 32.0. The summed E-state index contributed by atoms with van der Waals surface area (Å²) >= 11 is 3.84. The lowest BCUT2D eigenvalue weighted by molar-refractivity contribution is 0.669. The van der Waals surface area contributed by atoms with Crippen molar-refractivity contribution in [3.63, 3.8) is 0 Å². The molecule has 0 atom stereocenters. The molecule has 0 amide bonds. The molecule has 1 nitrogen and oxygen atoms in total. The molecule has 1 aromatic heterocycles. The van der Waals surface area contributed by atoms with Gasteiger partial charge in [-0.15, -0.1) is 0 Å². The third-order valence-electron chi connectivity index (χ3n) is 5.53. The van der Waals surface area contributed by atoms with Crippen molar-refractivity contribution in [2.24, 2.45) is 0 Å². The Morgan fingerprint density at radius 3 is 1.71 bits per heavy atom. The van der Waals surface area contributed by atoms with Crippen molar-refractivity contribution in [2.45, 2.75) is 0 Å². The molecular weight excluding hydrogens is 408 g/mol. The van der Waals surface area contributed by atoms with Gasteiger partial charge in [0.25, 0.3) is 0 Å². The lowest BCUT2D eigenvalue weighted by atomic mass is 9.91. The fourth-order valence-electron chi connectivity index (χ4n) is 4.27. The van der Waals surface area contributed by atoms with Gasteiger partial charge >= 0.3 is 0 Å². The molecule has 0 aliphatic carbocycles. The Bertz CT molecular complexity index is 1470. The number of halogens is 1. The smallest absolute Gasteiger partial charge is 0.135 e. The van der Waals surface area contributed by atoms with Crippen molar-refractivity contribution >= 4 is 59.4 Å². The van der Waals surface area contributed by atoms with E-state index in [0.717, 1.165) is 26.4 Å². The van der Waals surface area contributed by atoms with E-state index < -0.39 is 0 Å². The molecule has 0 saturated heterocycles. The first-order chi connectivity index (χ1) is 13.8. The Morgan fingerprint density at radius 2 is 1.04 bits per heavy atom. The van der Waals surface area contributed by atoms with Gasteiger partial charge in [0, 0.05) is 15.2 Å². The van der Waals surface area contributed by atoms with E-state index in [-0.39, 0.29) is 0 Å². The number of hydrogen-bond donors (Lipinski definition) is 0. The van der Waals surface area contributed by atoms with Crippen LogP contribution < -0.4 is 0 Å². The minimum absolute atomic E-state index is 0.927. The van der Waals surface area contributed by atoms with E-state index >= 15 is 0 Å². The Balaban J connectivity index is 1.79. The zero-order chi connectivity index (χ0) is 18.7. The van der Waals surface area contributed by atoms with Crippen LogP contribution in [-0.4, -0.2) is 0 Å². The molecule has 5 aromatic carbocycles. The summed E-state index contributed by atoms with van der Waals surface area (Å²) in [4.78, 5) is 0. The number of rotatable bonds is 1. The van der Waals surface area contributed by atoms with E-state index in [1.165, 1.54) is 32.7 Å². The monoisotopic (exact) mass is 422 g/mol. The first-order valence-corrected chi connectivity index (χ1v) is 10.1. The zero-order valence-corrected chi connectivity index (χ0v) is 16.5. The van der Waals surface area contributed by atoms with Gasteiger partial charge in [0.15, 0.2) is 0 Å². The van der Waals surface area contributed by atoms with Gasteiger partial charge < -0.3 is 4.42 Å². The first kappa shape index (κ1) is 15.9. The second-order valence-corrected chi connectivity index (χ2v) is 7.88. The highest BCUT2D eigenvalue weighted by molar-refractivity contribution is 9.10. The van der Waals surface area contributed by atoms with Crippen LogP contribution in [0, 0.1) is 0 Å². The summed E-state index contributed by atoms with van der Waals surface area (Å²) in [5, 5.41) is 7.27. The molecular formula is C26H15BrO. The molecule has 0 aliphatic heterocycles. The maximum absolute atomic E-state index is 6.03. The molecule has 6 aromatic rings. The highest BCUT2D eigenvalue weighted by atomic mass is 79.9. The second kappa shape index (κ2) is 5.95. The predicted molar refractivity (Wildman–Crippen MR) is 122 cm³/mol. The molecule has 0 spiro atoms. The minimum atomic E-state index is 0.927. The normalized spacial score (nSPS) is 11.8. The lowest BCUT2D eigenvalue weighted by Gasteiger charge is -2.14. The molecule has 6 rings (SSSR count). The van der Waals surface area contributed by atoms with E-state index in [9.17, 15) is 0 Å². The molecule has 0 bridgehead atoms. The second-order valence-electron chi connectivity index (χ2n) is 7.09. The van der Waals surface area contributed by atoms with Crippen LogP contribution in [0.3, 0.4) is 0 Å². The molecule has 1 heterocycles. The van der Waals surface area contributed by atoms with Gasteiger partial charge in [-0.05, 0) is 66.8 Å². The number of para-hydroxylation sites is 1. The summed E-state index contributed by atoms with van der Waals surface area (Å²) in [5.41, 5.74) is 4.33. The van der Waals surface area contributed by atoms with Crippen molar-refractivity contribution in [2.75, 3.05) is 0 Å².